The number of ether oxygens (including phenoxy) is 1. The highest BCUT2D eigenvalue weighted by Gasteiger charge is 2.22. The summed E-state index contributed by atoms with van der Waals surface area (Å²) >= 11 is 3.22. The van der Waals surface area contributed by atoms with E-state index in [1.54, 1.807) is 13.2 Å². The second kappa shape index (κ2) is 9.22. The molecule has 0 saturated heterocycles. The number of hydrogen-bond acceptors (Lipinski definition) is 6. The summed E-state index contributed by atoms with van der Waals surface area (Å²) in [7, 11) is 3.57. The number of thiophene rings is 1. The monoisotopic (exact) mass is 442 g/mol. The Kier molecular flexibility index (Phi) is 6.43. The molecule has 0 radical (unpaired) electrons. The van der Waals surface area contributed by atoms with E-state index in [2.05, 4.69) is 28.5 Å². The Hall–Kier alpha value is -2.32. The first-order valence-electron chi connectivity index (χ1n) is 10.2. The Morgan fingerprint density at radius 3 is 3.03 bits per heavy atom. The second-order valence-corrected chi connectivity index (χ2v) is 9.59. The lowest BCUT2D eigenvalue weighted by Gasteiger charge is -2.19. The average Bonchev–Trinajstić information content (AvgIpc) is 3.34. The lowest BCUT2D eigenvalue weighted by molar-refractivity contribution is -0.113. The van der Waals surface area contributed by atoms with Gasteiger partial charge in [0.1, 0.15) is 5.75 Å². The summed E-state index contributed by atoms with van der Waals surface area (Å²) in [6.45, 7) is 2.28. The number of amides is 1. The van der Waals surface area contributed by atoms with Gasteiger partial charge in [-0.3, -0.25) is 4.79 Å². The van der Waals surface area contributed by atoms with Gasteiger partial charge in [0, 0.05) is 23.7 Å². The summed E-state index contributed by atoms with van der Waals surface area (Å²) in [5.41, 5.74) is 2.19. The molecule has 1 aliphatic carbocycles. The lowest BCUT2D eigenvalue weighted by Crippen LogP contribution is -2.14. The summed E-state index contributed by atoms with van der Waals surface area (Å²) in [5, 5.41) is 12.4. The minimum Gasteiger partial charge on any atom is -0.497 e. The van der Waals surface area contributed by atoms with Gasteiger partial charge in [-0.25, -0.2) is 0 Å². The van der Waals surface area contributed by atoms with E-state index < -0.39 is 0 Å². The normalized spacial score (nSPS) is 15.6. The van der Waals surface area contributed by atoms with E-state index in [9.17, 15) is 4.79 Å². The van der Waals surface area contributed by atoms with Gasteiger partial charge < -0.3 is 14.6 Å². The van der Waals surface area contributed by atoms with Crippen LogP contribution in [0.1, 0.15) is 30.2 Å². The van der Waals surface area contributed by atoms with E-state index in [-0.39, 0.29) is 11.7 Å². The molecule has 1 atom stereocenters. The van der Waals surface area contributed by atoms with Crippen LogP contribution >= 0.6 is 23.1 Å². The molecule has 30 heavy (non-hydrogen) atoms. The van der Waals surface area contributed by atoms with Gasteiger partial charge in [0.25, 0.3) is 0 Å². The van der Waals surface area contributed by atoms with Crippen molar-refractivity contribution in [3.63, 3.8) is 0 Å². The van der Waals surface area contributed by atoms with Gasteiger partial charge in [-0.05, 0) is 48.9 Å². The molecule has 158 valence electrons. The Labute approximate surface area is 185 Å². The predicted octanol–water partition coefficient (Wildman–Crippen LogP) is 4.80. The summed E-state index contributed by atoms with van der Waals surface area (Å²) in [6.07, 6.45) is 4.87. The molecule has 0 aliphatic heterocycles. The van der Waals surface area contributed by atoms with Gasteiger partial charge >= 0.3 is 0 Å². The predicted molar refractivity (Wildman–Crippen MR) is 122 cm³/mol. The SMILES string of the molecule is CCC1CCc2sc(-c3nnc(SCC(=O)Nc4cccc(OC)c4)n3C)cc2C1. The fourth-order valence-electron chi connectivity index (χ4n) is 3.74. The highest BCUT2D eigenvalue weighted by molar-refractivity contribution is 7.99. The zero-order chi connectivity index (χ0) is 21.1. The molecule has 6 nitrogen and oxygen atoms in total. The van der Waals surface area contributed by atoms with Crippen LogP contribution in [-0.2, 0) is 24.7 Å². The van der Waals surface area contributed by atoms with Gasteiger partial charge in [-0.2, -0.15) is 0 Å². The number of fused-ring (bicyclic) bond motifs is 1. The largest absolute Gasteiger partial charge is 0.497 e. The van der Waals surface area contributed by atoms with Crippen molar-refractivity contribution in [1.29, 1.82) is 0 Å². The van der Waals surface area contributed by atoms with Gasteiger partial charge in [-0.15, -0.1) is 21.5 Å². The van der Waals surface area contributed by atoms with Crippen LogP contribution in [0, 0.1) is 5.92 Å². The van der Waals surface area contributed by atoms with Crippen molar-refractivity contribution in [2.75, 3.05) is 18.2 Å². The molecular weight excluding hydrogens is 416 g/mol. The number of nitrogens with one attached hydrogen (secondary N) is 1. The highest BCUT2D eigenvalue weighted by Crippen LogP contribution is 2.38. The van der Waals surface area contributed by atoms with Crippen LogP contribution in [0.3, 0.4) is 0 Å². The third-order valence-corrected chi connectivity index (χ3v) is 7.76. The molecule has 0 fully saturated rings. The van der Waals surface area contributed by atoms with E-state index in [4.69, 9.17) is 4.74 Å². The number of carbonyl (C=O) groups is 1. The third-order valence-electron chi connectivity index (χ3n) is 5.50. The number of methoxy groups -OCH3 is 1. The maximum Gasteiger partial charge on any atom is 0.234 e. The van der Waals surface area contributed by atoms with Crippen molar-refractivity contribution < 1.29 is 9.53 Å². The summed E-state index contributed by atoms with van der Waals surface area (Å²) < 4.78 is 7.18. The molecule has 2 aromatic heterocycles. The zero-order valence-electron chi connectivity index (χ0n) is 17.5. The molecule has 1 N–H and O–H groups in total. The van der Waals surface area contributed by atoms with E-state index in [0.29, 0.717) is 11.4 Å². The van der Waals surface area contributed by atoms with E-state index in [0.717, 1.165) is 16.9 Å². The van der Waals surface area contributed by atoms with Crippen LogP contribution in [0.4, 0.5) is 5.69 Å². The number of benzene rings is 1. The number of nitrogens with zero attached hydrogens (tertiary/aromatic N) is 3. The van der Waals surface area contributed by atoms with Gasteiger partial charge in [0.15, 0.2) is 11.0 Å². The van der Waals surface area contributed by atoms with Crippen LogP contribution in [0.2, 0.25) is 0 Å². The fraction of sp³-hybridized carbons (Fsp3) is 0.409. The van der Waals surface area contributed by atoms with Crippen molar-refractivity contribution in [2.24, 2.45) is 13.0 Å². The smallest absolute Gasteiger partial charge is 0.234 e. The van der Waals surface area contributed by atoms with Gasteiger partial charge in [-0.1, -0.05) is 31.2 Å². The number of carbonyl (C=O) groups excluding carboxylic acids is 1. The van der Waals surface area contributed by atoms with Gasteiger partial charge in [0.2, 0.25) is 5.91 Å². The number of thioether (sulfide) groups is 1. The Balaban J connectivity index is 1.40. The van der Waals surface area contributed by atoms with Crippen LogP contribution in [-0.4, -0.2) is 33.5 Å². The Bertz CT molecular complexity index is 1040. The zero-order valence-corrected chi connectivity index (χ0v) is 19.1. The molecule has 2 heterocycles. The maximum absolute atomic E-state index is 12.3. The molecule has 0 spiro atoms. The van der Waals surface area contributed by atoms with Crippen LogP contribution in [0.5, 0.6) is 5.75 Å². The minimum atomic E-state index is -0.0880. The second-order valence-electron chi connectivity index (χ2n) is 7.51. The molecule has 1 unspecified atom stereocenters. The maximum atomic E-state index is 12.3. The lowest BCUT2D eigenvalue weighted by atomic mass is 9.87. The number of rotatable bonds is 7. The third kappa shape index (κ3) is 4.54. The molecular formula is C22H26N4O2S2. The molecule has 1 aliphatic rings. The molecule has 3 aromatic rings. The number of aryl methyl sites for hydroxylation is 1. The first-order valence-corrected chi connectivity index (χ1v) is 12.0. The average molecular weight is 443 g/mol. The number of anilines is 1. The van der Waals surface area contributed by atoms with Crippen molar-refractivity contribution in [3.05, 3.63) is 40.8 Å². The number of aromatic nitrogens is 3. The fourth-order valence-corrected chi connectivity index (χ4v) is 5.68. The molecule has 1 aromatic carbocycles. The molecule has 8 heteroatoms. The summed E-state index contributed by atoms with van der Waals surface area (Å²) in [5.74, 6) is 2.56. The van der Waals surface area contributed by atoms with Crippen LogP contribution < -0.4 is 10.1 Å². The van der Waals surface area contributed by atoms with Crippen molar-refractivity contribution >= 4 is 34.7 Å². The molecule has 0 bridgehead atoms. The summed E-state index contributed by atoms with van der Waals surface area (Å²) in [6, 6.07) is 9.61. The van der Waals surface area contributed by atoms with E-state index >= 15 is 0 Å². The van der Waals surface area contributed by atoms with Gasteiger partial charge in [0.05, 0.1) is 17.7 Å². The molecule has 0 saturated carbocycles. The first-order chi connectivity index (χ1) is 14.6. The Morgan fingerprint density at radius 1 is 1.37 bits per heavy atom. The Morgan fingerprint density at radius 2 is 2.23 bits per heavy atom. The quantitative estimate of drug-likeness (QED) is 0.533. The first kappa shape index (κ1) is 20.9. The van der Waals surface area contributed by atoms with E-state index in [1.165, 1.54) is 52.8 Å². The highest BCUT2D eigenvalue weighted by atomic mass is 32.2. The van der Waals surface area contributed by atoms with Crippen LogP contribution in [0.15, 0.2) is 35.5 Å². The standard InChI is InChI=1S/C22H26N4O2S2/c1-4-14-8-9-18-15(10-14)11-19(30-18)21-24-25-22(26(21)2)29-13-20(27)23-16-6-5-7-17(12-16)28-3/h5-7,11-12,14H,4,8-10,13H2,1-3H3,(H,23,27). The molecule has 1 amide bonds. The molecule has 4 rings (SSSR count). The number of hydrogen-bond donors (Lipinski definition) is 1. The topological polar surface area (TPSA) is 69.0 Å². The van der Waals surface area contributed by atoms with Crippen LogP contribution in [0.25, 0.3) is 10.7 Å². The minimum absolute atomic E-state index is 0.0880. The van der Waals surface area contributed by atoms with E-state index in [1.807, 2.05) is 41.2 Å². The summed E-state index contributed by atoms with van der Waals surface area (Å²) in [4.78, 5) is 15.0. The van der Waals surface area contributed by atoms with Crippen molar-refractivity contribution in [2.45, 2.75) is 37.8 Å². The van der Waals surface area contributed by atoms with Crippen molar-refractivity contribution in [3.8, 4) is 16.5 Å². The van der Waals surface area contributed by atoms with Crippen molar-refractivity contribution in [1.82, 2.24) is 14.8 Å².